The Kier molecular flexibility index (Phi) is 8.75. The van der Waals surface area contributed by atoms with Crippen LogP contribution in [-0.2, 0) is 11.3 Å². The molecule has 1 heterocycles. The highest BCUT2D eigenvalue weighted by atomic mass is 16.3. The topological polar surface area (TPSA) is 115 Å². The first-order valence-corrected chi connectivity index (χ1v) is 9.39. The molecule has 2 rings (SSSR count). The summed E-state index contributed by atoms with van der Waals surface area (Å²) in [6.07, 6.45) is 8.81. The van der Waals surface area contributed by atoms with Gasteiger partial charge in [0, 0.05) is 60.8 Å². The third-order valence-corrected chi connectivity index (χ3v) is 4.40. The lowest BCUT2D eigenvalue weighted by Gasteiger charge is -2.19. The Morgan fingerprint density at radius 1 is 1.31 bits per heavy atom. The van der Waals surface area contributed by atoms with Crippen molar-refractivity contribution in [1.82, 2.24) is 9.88 Å². The monoisotopic (exact) mass is 393 g/mol. The van der Waals surface area contributed by atoms with Gasteiger partial charge in [0.2, 0.25) is 5.91 Å². The summed E-state index contributed by atoms with van der Waals surface area (Å²) in [7, 11) is 0. The molecule has 0 unspecified atom stereocenters. The summed E-state index contributed by atoms with van der Waals surface area (Å²) in [5.41, 5.74) is 9.34. The highest BCUT2D eigenvalue weighted by molar-refractivity contribution is 6.10. The van der Waals surface area contributed by atoms with E-state index >= 15 is 0 Å². The molecular weight excluding hydrogens is 366 g/mol. The lowest BCUT2D eigenvalue weighted by Crippen LogP contribution is -2.26. The molecule has 0 aliphatic heterocycles. The summed E-state index contributed by atoms with van der Waals surface area (Å²) in [4.78, 5) is 18.5. The fourth-order valence-corrected chi connectivity index (χ4v) is 2.81. The molecule has 0 aliphatic carbocycles. The molecule has 0 atom stereocenters. The zero-order valence-corrected chi connectivity index (χ0v) is 16.5. The summed E-state index contributed by atoms with van der Waals surface area (Å²) in [5.74, 6) is -0.267. The lowest BCUT2D eigenvalue weighted by molar-refractivity contribution is -0.111. The molecule has 1 aromatic heterocycles. The molecule has 0 fully saturated rings. The van der Waals surface area contributed by atoms with Crippen molar-refractivity contribution in [2.75, 3.05) is 25.0 Å². The van der Waals surface area contributed by atoms with Crippen LogP contribution in [0.25, 0.3) is 11.6 Å². The van der Waals surface area contributed by atoms with Crippen LogP contribution in [0.3, 0.4) is 0 Å². The highest BCUT2D eigenvalue weighted by Crippen LogP contribution is 2.17. The zero-order chi connectivity index (χ0) is 21.1. The van der Waals surface area contributed by atoms with E-state index < -0.39 is 0 Å². The number of anilines is 1. The number of likely N-dealkylation sites (N-methyl/N-ethyl adjacent to an activating group) is 1. The van der Waals surface area contributed by atoms with Gasteiger partial charge in [-0.25, -0.2) is 0 Å². The number of benzene rings is 1. The molecule has 0 radical (unpaired) electrons. The molecule has 152 valence electrons. The van der Waals surface area contributed by atoms with E-state index in [0.29, 0.717) is 23.4 Å². The Morgan fingerprint density at radius 3 is 2.69 bits per heavy atom. The van der Waals surface area contributed by atoms with Gasteiger partial charge < -0.3 is 21.6 Å². The van der Waals surface area contributed by atoms with E-state index in [1.165, 1.54) is 12.3 Å². The number of carbonyl (C=O) groups is 1. The third kappa shape index (κ3) is 6.67. The molecule has 0 aliphatic rings. The molecule has 1 amide bonds. The third-order valence-electron chi connectivity index (χ3n) is 4.40. The fraction of sp³-hybridized carbons (Fsp3) is 0.227. The first kappa shape index (κ1) is 22.0. The predicted octanol–water partition coefficient (Wildman–Crippen LogP) is 2.50. The van der Waals surface area contributed by atoms with Crippen LogP contribution in [0.5, 0.6) is 0 Å². The van der Waals surface area contributed by atoms with Crippen molar-refractivity contribution >= 4 is 29.5 Å². The summed E-state index contributed by atoms with van der Waals surface area (Å²) >= 11 is 0. The van der Waals surface area contributed by atoms with Gasteiger partial charge in [-0.2, -0.15) is 0 Å². The van der Waals surface area contributed by atoms with Gasteiger partial charge in [-0.3, -0.25) is 14.7 Å². The minimum absolute atomic E-state index is 0.134. The summed E-state index contributed by atoms with van der Waals surface area (Å²) in [6, 6.07) is 9.37. The Bertz CT molecular complexity index is 875. The normalized spacial score (nSPS) is 11.8. The van der Waals surface area contributed by atoms with Crippen LogP contribution in [0.2, 0.25) is 0 Å². The Morgan fingerprint density at radius 2 is 2.07 bits per heavy atom. The number of nitrogens with zero attached hydrogens (tertiary/aromatic N) is 2. The Balaban J connectivity index is 2.02. The highest BCUT2D eigenvalue weighted by Gasteiger charge is 2.06. The van der Waals surface area contributed by atoms with E-state index in [1.54, 1.807) is 24.5 Å². The number of aromatic nitrogens is 1. The maximum Gasteiger partial charge on any atom is 0.248 e. The van der Waals surface area contributed by atoms with Crippen LogP contribution >= 0.6 is 0 Å². The molecule has 29 heavy (non-hydrogen) atoms. The van der Waals surface area contributed by atoms with E-state index in [-0.39, 0.29) is 12.5 Å². The number of amides is 1. The van der Waals surface area contributed by atoms with E-state index in [0.717, 1.165) is 30.4 Å². The molecule has 7 heteroatoms. The van der Waals surface area contributed by atoms with Crippen LogP contribution < -0.4 is 11.1 Å². The van der Waals surface area contributed by atoms with Crippen LogP contribution in [0, 0.1) is 5.41 Å². The Hall–Kier alpha value is -3.29. The molecule has 2 aromatic rings. The largest absolute Gasteiger partial charge is 0.404 e. The number of aliphatic hydroxyl groups excluding tert-OH is 1. The van der Waals surface area contributed by atoms with Crippen molar-refractivity contribution in [2.24, 2.45) is 5.73 Å². The number of nitrogens with two attached hydrogens (primary N) is 1. The minimum atomic E-state index is -0.267. The molecule has 0 saturated carbocycles. The first-order valence-electron chi connectivity index (χ1n) is 9.39. The number of hydrogen-bond donors (Lipinski definition) is 4. The average Bonchev–Trinajstić information content (AvgIpc) is 2.75. The minimum Gasteiger partial charge on any atom is -0.404 e. The fourth-order valence-electron chi connectivity index (χ4n) is 2.81. The van der Waals surface area contributed by atoms with Gasteiger partial charge in [0.25, 0.3) is 0 Å². The maximum atomic E-state index is 12.3. The maximum absolute atomic E-state index is 12.3. The van der Waals surface area contributed by atoms with Gasteiger partial charge in [0.05, 0.1) is 6.61 Å². The van der Waals surface area contributed by atoms with Crippen molar-refractivity contribution in [2.45, 2.75) is 13.5 Å². The number of rotatable bonds is 10. The smallest absolute Gasteiger partial charge is 0.248 e. The number of allylic oxidation sites excluding steroid dienone is 1. The number of aliphatic hydroxyl groups is 1. The second kappa shape index (κ2) is 11.5. The number of carbonyl (C=O) groups excluding carboxylic acids is 1. The van der Waals surface area contributed by atoms with Crippen molar-refractivity contribution in [1.29, 1.82) is 5.41 Å². The molecule has 0 bridgehead atoms. The van der Waals surface area contributed by atoms with Gasteiger partial charge in [0.15, 0.2) is 0 Å². The number of hydrogen-bond acceptors (Lipinski definition) is 6. The number of nitrogens with one attached hydrogen (secondary N) is 2. The van der Waals surface area contributed by atoms with E-state index in [2.05, 4.69) is 22.1 Å². The molecule has 7 nitrogen and oxygen atoms in total. The zero-order valence-electron chi connectivity index (χ0n) is 16.5. The van der Waals surface area contributed by atoms with Crippen LogP contribution in [0.4, 0.5) is 5.69 Å². The van der Waals surface area contributed by atoms with Gasteiger partial charge in [-0.15, -0.1) is 0 Å². The SMILES string of the molecule is CCN(CCO)Cc1ccc(NC(=O)/C=C/c2cnccc2/C(C=N)=C/N)cc1. The summed E-state index contributed by atoms with van der Waals surface area (Å²) < 4.78 is 0. The summed E-state index contributed by atoms with van der Waals surface area (Å²) in [5, 5.41) is 19.3. The van der Waals surface area contributed by atoms with Crippen molar-refractivity contribution < 1.29 is 9.90 Å². The van der Waals surface area contributed by atoms with Crippen LogP contribution in [-0.4, -0.2) is 46.8 Å². The molecule has 0 saturated heterocycles. The van der Waals surface area contributed by atoms with Gasteiger partial charge >= 0.3 is 0 Å². The van der Waals surface area contributed by atoms with E-state index in [1.807, 2.05) is 24.3 Å². The van der Waals surface area contributed by atoms with Crippen molar-refractivity contribution in [3.63, 3.8) is 0 Å². The standard InChI is InChI=1S/C22H27N5O2/c1-2-27(11-12-28)16-17-3-6-20(7-4-17)26-22(29)8-5-18-15-25-10-9-21(18)19(13-23)14-24/h3-10,13-15,23,28H,2,11-12,16,24H2,1H3,(H,26,29)/b8-5+,19-14+,23-13?. The van der Waals surface area contributed by atoms with Crippen LogP contribution in [0.1, 0.15) is 23.6 Å². The lowest BCUT2D eigenvalue weighted by atomic mass is 10.0. The second-order valence-electron chi connectivity index (χ2n) is 6.34. The van der Waals surface area contributed by atoms with Crippen LogP contribution in [0.15, 0.2) is 55.0 Å². The van der Waals surface area contributed by atoms with Crippen molar-refractivity contribution in [3.8, 4) is 0 Å². The molecule has 5 N–H and O–H groups in total. The van der Waals surface area contributed by atoms with Crippen molar-refractivity contribution in [3.05, 3.63) is 71.7 Å². The first-order chi connectivity index (χ1) is 14.1. The van der Waals surface area contributed by atoms with Gasteiger partial charge in [-0.05, 0) is 41.9 Å². The quantitative estimate of drug-likeness (QED) is 0.366. The van der Waals surface area contributed by atoms with Gasteiger partial charge in [-0.1, -0.05) is 19.1 Å². The summed E-state index contributed by atoms with van der Waals surface area (Å²) in [6.45, 7) is 4.43. The number of pyridine rings is 1. The Labute approximate surface area is 171 Å². The molecule has 0 spiro atoms. The van der Waals surface area contributed by atoms with Gasteiger partial charge in [0.1, 0.15) is 0 Å². The molecular formula is C22H27N5O2. The molecule has 1 aromatic carbocycles. The second-order valence-corrected chi connectivity index (χ2v) is 6.34. The van der Waals surface area contributed by atoms with E-state index in [9.17, 15) is 4.79 Å². The van der Waals surface area contributed by atoms with E-state index in [4.69, 9.17) is 16.2 Å². The predicted molar refractivity (Wildman–Crippen MR) is 117 cm³/mol. The average molecular weight is 393 g/mol.